The largest absolute Gasteiger partial charge is 0.483 e. The van der Waals surface area contributed by atoms with Crippen LogP contribution >= 0.6 is 11.7 Å². The minimum atomic E-state index is -5.10. The van der Waals surface area contributed by atoms with E-state index in [1.807, 2.05) is 0 Å². The van der Waals surface area contributed by atoms with Gasteiger partial charge < -0.3 is 9.84 Å². The van der Waals surface area contributed by atoms with Crippen molar-refractivity contribution in [2.24, 2.45) is 5.92 Å². The fourth-order valence-electron chi connectivity index (χ4n) is 3.39. The van der Waals surface area contributed by atoms with Gasteiger partial charge in [0, 0.05) is 5.56 Å². The smallest absolute Gasteiger partial charge is 0.422 e. The number of hydrogen-bond donors (Lipinski definition) is 1. The molecule has 0 amide bonds. The Bertz CT molecular complexity index is 1160. The van der Waals surface area contributed by atoms with E-state index in [4.69, 9.17) is 0 Å². The number of carbonyl (C=O) groups is 1. The van der Waals surface area contributed by atoms with Gasteiger partial charge in [0.1, 0.15) is 16.8 Å². The molecule has 1 N–H and O–H groups in total. The molecule has 1 aromatic heterocycles. The zero-order chi connectivity index (χ0) is 24.6. The topological polar surface area (TPSA) is 72.3 Å². The Morgan fingerprint density at radius 1 is 1.06 bits per heavy atom. The first-order valence-electron chi connectivity index (χ1n) is 9.66. The molecule has 2 aromatic carbocycles. The number of halogens is 6. The van der Waals surface area contributed by atoms with Gasteiger partial charge in [0.25, 0.3) is 0 Å². The lowest BCUT2D eigenvalue weighted by Crippen LogP contribution is -2.22. The normalized spacial score (nSPS) is 13.5. The van der Waals surface area contributed by atoms with Crippen molar-refractivity contribution in [2.45, 2.75) is 38.5 Å². The summed E-state index contributed by atoms with van der Waals surface area (Å²) < 4.78 is 93.0. The summed E-state index contributed by atoms with van der Waals surface area (Å²) in [5, 5.41) is 9.65. The van der Waals surface area contributed by atoms with Crippen LogP contribution in [0.3, 0.4) is 0 Å². The van der Waals surface area contributed by atoms with Crippen molar-refractivity contribution in [3.8, 4) is 16.9 Å². The number of aromatic nitrogens is 2. The summed E-state index contributed by atoms with van der Waals surface area (Å²) >= 11 is 0.863. The first-order chi connectivity index (χ1) is 15.3. The molecular weight excluding hydrogens is 474 g/mol. The van der Waals surface area contributed by atoms with Crippen LogP contribution in [0.4, 0.5) is 26.3 Å². The Labute approximate surface area is 188 Å². The van der Waals surface area contributed by atoms with Crippen LogP contribution in [0.2, 0.25) is 0 Å². The number of nitrogens with zero attached hydrogens (tertiary/aromatic N) is 2. The van der Waals surface area contributed by atoms with E-state index in [2.05, 4.69) is 13.5 Å². The van der Waals surface area contributed by atoms with Gasteiger partial charge in [-0.2, -0.15) is 35.1 Å². The molecule has 0 bridgehead atoms. The molecule has 0 aliphatic heterocycles. The first-order valence-corrected chi connectivity index (χ1v) is 10.4. The fraction of sp³-hybridized carbons (Fsp3) is 0.381. The molecule has 3 aromatic rings. The van der Waals surface area contributed by atoms with Crippen molar-refractivity contribution in [2.75, 3.05) is 6.61 Å². The van der Waals surface area contributed by atoms with Gasteiger partial charge in [0.15, 0.2) is 6.61 Å². The van der Waals surface area contributed by atoms with Crippen molar-refractivity contribution < 1.29 is 41.0 Å². The van der Waals surface area contributed by atoms with Crippen molar-refractivity contribution in [1.29, 1.82) is 0 Å². The van der Waals surface area contributed by atoms with Crippen LogP contribution in [0.1, 0.15) is 37.3 Å². The molecule has 3 rings (SSSR count). The lowest BCUT2D eigenvalue weighted by molar-refractivity contribution is -0.158. The molecule has 1 heterocycles. The summed E-state index contributed by atoms with van der Waals surface area (Å²) in [5.41, 5.74) is -1.10. The molecule has 0 spiro atoms. The summed E-state index contributed by atoms with van der Waals surface area (Å²) in [6, 6.07) is 5.91. The van der Waals surface area contributed by atoms with E-state index in [9.17, 15) is 36.2 Å². The Kier molecular flexibility index (Phi) is 6.87. The Morgan fingerprint density at radius 2 is 1.73 bits per heavy atom. The van der Waals surface area contributed by atoms with Crippen LogP contribution in [0, 0.1) is 5.92 Å². The number of carboxylic acids is 1. The quantitative estimate of drug-likeness (QED) is 0.380. The highest BCUT2D eigenvalue weighted by Gasteiger charge is 2.39. The Balaban J connectivity index is 2.30. The van der Waals surface area contributed by atoms with Crippen molar-refractivity contribution in [3.05, 3.63) is 41.5 Å². The lowest BCUT2D eigenvalue weighted by atomic mass is 9.86. The molecule has 12 heteroatoms. The minimum absolute atomic E-state index is 0.0316. The van der Waals surface area contributed by atoms with E-state index in [1.54, 1.807) is 13.8 Å². The summed E-state index contributed by atoms with van der Waals surface area (Å²) in [6.45, 7) is 1.48. The SMILES string of the molecule is CC(C)CC(C(=O)O)c1cc(-c2ccc3nsnc3c2)c(OCC(F)(F)F)c(C(F)(F)F)c1. The standard InChI is InChI=1S/C21H18F6N2O3S/c1-10(2)5-14(19(30)31)12-6-13(11-3-4-16-17(8-11)29-33-28-16)18(32-9-20(22,23)24)15(7-12)21(25,26)27/h3-4,6-8,10,14H,5,9H2,1-2H3,(H,30,31). The number of alkyl halides is 6. The van der Waals surface area contributed by atoms with Crippen LogP contribution in [0.15, 0.2) is 30.3 Å². The molecule has 0 aliphatic carbocycles. The van der Waals surface area contributed by atoms with Crippen LogP contribution in [0.25, 0.3) is 22.2 Å². The highest BCUT2D eigenvalue weighted by atomic mass is 32.1. The molecule has 1 atom stereocenters. The van der Waals surface area contributed by atoms with E-state index in [1.165, 1.54) is 18.2 Å². The second-order valence-corrected chi connectivity index (χ2v) is 8.36. The lowest BCUT2D eigenvalue weighted by Gasteiger charge is -2.23. The van der Waals surface area contributed by atoms with Gasteiger partial charge in [-0.15, -0.1) is 0 Å². The second-order valence-electron chi connectivity index (χ2n) is 7.83. The maximum Gasteiger partial charge on any atom is 0.422 e. The number of hydrogen-bond acceptors (Lipinski definition) is 5. The number of fused-ring (bicyclic) bond motifs is 1. The second kappa shape index (κ2) is 9.16. The van der Waals surface area contributed by atoms with Crippen molar-refractivity contribution in [3.63, 3.8) is 0 Å². The molecule has 0 radical (unpaired) electrons. The van der Waals surface area contributed by atoms with Gasteiger partial charge in [-0.25, -0.2) is 0 Å². The van der Waals surface area contributed by atoms with Crippen molar-refractivity contribution >= 4 is 28.7 Å². The third-order valence-electron chi connectivity index (χ3n) is 4.77. The Morgan fingerprint density at radius 3 is 2.30 bits per heavy atom. The van der Waals surface area contributed by atoms with Gasteiger partial charge in [-0.3, -0.25) is 4.79 Å². The average molecular weight is 492 g/mol. The zero-order valence-electron chi connectivity index (χ0n) is 17.3. The average Bonchev–Trinajstić information content (AvgIpc) is 3.16. The minimum Gasteiger partial charge on any atom is -0.483 e. The number of benzene rings is 2. The van der Waals surface area contributed by atoms with E-state index in [0.29, 0.717) is 17.1 Å². The maximum absolute atomic E-state index is 13.9. The number of ether oxygens (including phenoxy) is 1. The van der Waals surface area contributed by atoms with Gasteiger partial charge in [-0.1, -0.05) is 19.9 Å². The molecule has 178 valence electrons. The summed E-state index contributed by atoms with van der Waals surface area (Å²) in [5.74, 6) is -3.83. The van der Waals surface area contributed by atoms with Gasteiger partial charge >= 0.3 is 18.3 Å². The van der Waals surface area contributed by atoms with Crippen LogP contribution in [-0.4, -0.2) is 32.6 Å². The molecule has 0 saturated carbocycles. The zero-order valence-corrected chi connectivity index (χ0v) is 18.1. The summed E-state index contributed by atoms with van der Waals surface area (Å²) in [6.07, 6.45) is -9.95. The highest BCUT2D eigenvalue weighted by molar-refractivity contribution is 7.00. The van der Waals surface area contributed by atoms with Crippen molar-refractivity contribution in [1.82, 2.24) is 8.75 Å². The number of aliphatic carboxylic acids is 1. The van der Waals surface area contributed by atoms with E-state index in [-0.39, 0.29) is 29.0 Å². The molecule has 5 nitrogen and oxygen atoms in total. The third-order valence-corrected chi connectivity index (χ3v) is 5.33. The van der Waals surface area contributed by atoms with Gasteiger partial charge in [-0.05, 0) is 47.7 Å². The molecular formula is C21H18F6N2O3S. The predicted molar refractivity (Wildman–Crippen MR) is 109 cm³/mol. The molecule has 1 unspecified atom stereocenters. The molecule has 33 heavy (non-hydrogen) atoms. The number of carboxylic acid groups (broad SMARTS) is 1. The monoisotopic (exact) mass is 492 g/mol. The predicted octanol–water partition coefficient (Wildman–Crippen LogP) is 6.53. The molecule has 0 saturated heterocycles. The molecule has 0 aliphatic rings. The highest BCUT2D eigenvalue weighted by Crippen LogP contribution is 2.45. The fourth-order valence-corrected chi connectivity index (χ4v) is 3.90. The summed E-state index contributed by atoms with van der Waals surface area (Å²) in [7, 11) is 0. The van der Waals surface area contributed by atoms with E-state index in [0.717, 1.165) is 17.8 Å². The first kappa shape index (κ1) is 24.7. The van der Waals surface area contributed by atoms with Gasteiger partial charge in [0.2, 0.25) is 0 Å². The van der Waals surface area contributed by atoms with E-state index < -0.39 is 42.2 Å². The van der Waals surface area contributed by atoms with E-state index >= 15 is 0 Å². The van der Waals surface area contributed by atoms with Crippen LogP contribution in [-0.2, 0) is 11.0 Å². The third kappa shape index (κ3) is 5.92. The van der Waals surface area contributed by atoms with Crippen LogP contribution in [0.5, 0.6) is 5.75 Å². The maximum atomic E-state index is 13.9. The number of rotatable bonds is 7. The van der Waals surface area contributed by atoms with Crippen LogP contribution < -0.4 is 4.74 Å². The molecule has 0 fully saturated rings. The Hall–Kier alpha value is -2.89. The van der Waals surface area contributed by atoms with Gasteiger partial charge in [0.05, 0.1) is 23.2 Å². The summed E-state index contributed by atoms with van der Waals surface area (Å²) in [4.78, 5) is 11.8.